The zero-order valence-corrected chi connectivity index (χ0v) is 15.4. The van der Waals surface area contributed by atoms with E-state index in [1.165, 1.54) is 0 Å². The van der Waals surface area contributed by atoms with Gasteiger partial charge in [0.05, 0.1) is 0 Å². The van der Waals surface area contributed by atoms with Crippen LogP contribution in [0.25, 0.3) is 0 Å². The number of rotatable bonds is 0. The first-order chi connectivity index (χ1) is 11.4. The minimum atomic E-state index is -0.181. The number of hydrogen-bond acceptors (Lipinski definition) is 9. The van der Waals surface area contributed by atoms with Gasteiger partial charge in [-0.1, -0.05) is 18.2 Å². The van der Waals surface area contributed by atoms with Crippen molar-refractivity contribution in [3.63, 3.8) is 0 Å². The first kappa shape index (κ1) is 20.8. The average molecular weight is 388 g/mol. The van der Waals surface area contributed by atoms with Crippen LogP contribution in [0.1, 0.15) is 0 Å². The normalized spacial score (nSPS) is 26.8. The molecule has 6 nitrogen and oxygen atoms in total. The van der Waals surface area contributed by atoms with Crippen LogP contribution in [-0.2, 0) is 0 Å². The number of hydroxylamine groups is 6. The highest BCUT2D eigenvalue weighted by atomic mass is 32.1. The quantitative estimate of drug-likeness (QED) is 0.359. The molecule has 132 valence electrons. The van der Waals surface area contributed by atoms with Gasteiger partial charge in [0.1, 0.15) is 16.1 Å². The monoisotopic (exact) mass is 387 g/mol. The van der Waals surface area contributed by atoms with Gasteiger partial charge in [0.25, 0.3) is 0 Å². The van der Waals surface area contributed by atoms with Crippen molar-refractivity contribution in [1.29, 1.82) is 0 Å². The van der Waals surface area contributed by atoms with Gasteiger partial charge in [-0.25, -0.2) is 15.2 Å². The molecular formula is C15H21N3O3S3. The van der Waals surface area contributed by atoms with Gasteiger partial charge in [-0.2, -0.15) is 0 Å². The first-order valence-electron chi connectivity index (χ1n) is 6.92. The van der Waals surface area contributed by atoms with E-state index in [9.17, 15) is 0 Å². The first-order valence-corrected chi connectivity index (χ1v) is 8.47. The van der Waals surface area contributed by atoms with Gasteiger partial charge in [-0.3, -0.25) is 15.6 Å². The summed E-state index contributed by atoms with van der Waals surface area (Å²) in [5.41, 5.74) is 0. The Morgan fingerprint density at radius 1 is 0.500 bits per heavy atom. The molecule has 3 aliphatic heterocycles. The number of nitrogens with zero attached hydrogens (tertiary/aromatic N) is 3. The molecule has 24 heavy (non-hydrogen) atoms. The molecule has 0 aromatic rings. The molecule has 3 aliphatic rings. The van der Waals surface area contributed by atoms with E-state index in [4.69, 9.17) is 15.6 Å². The molecule has 0 aliphatic carbocycles. The molecule has 3 heterocycles. The summed E-state index contributed by atoms with van der Waals surface area (Å²) in [4.78, 5) is 0. The van der Waals surface area contributed by atoms with Crippen LogP contribution in [0.4, 0.5) is 0 Å². The van der Waals surface area contributed by atoms with Gasteiger partial charge in [0, 0.05) is 18.6 Å². The molecular weight excluding hydrogens is 366 g/mol. The standard InChI is InChI=1S/3C5H7NOS/c3*7-6-4-2-1-3-5(6)8/h3*1-5,7-8H. The van der Waals surface area contributed by atoms with E-state index in [2.05, 4.69) is 37.9 Å². The van der Waals surface area contributed by atoms with E-state index >= 15 is 0 Å². The predicted molar refractivity (Wildman–Crippen MR) is 104 cm³/mol. The van der Waals surface area contributed by atoms with Gasteiger partial charge in [-0.05, 0) is 36.5 Å². The molecule has 9 heteroatoms. The topological polar surface area (TPSA) is 70.4 Å². The van der Waals surface area contributed by atoms with E-state index in [0.717, 1.165) is 15.2 Å². The Kier molecular flexibility index (Phi) is 9.84. The maximum Gasteiger partial charge on any atom is 0.116 e. The second-order valence-electron chi connectivity index (χ2n) is 4.56. The van der Waals surface area contributed by atoms with Gasteiger partial charge >= 0.3 is 0 Å². The third kappa shape index (κ3) is 8.04. The van der Waals surface area contributed by atoms with Crippen LogP contribution in [0.5, 0.6) is 0 Å². The third-order valence-corrected chi connectivity index (χ3v) is 3.94. The second-order valence-corrected chi connectivity index (χ2v) is 6.15. The lowest BCUT2D eigenvalue weighted by Gasteiger charge is -2.17. The molecule has 3 rings (SSSR count). The van der Waals surface area contributed by atoms with Crippen LogP contribution in [0.15, 0.2) is 73.3 Å². The molecule has 0 aromatic heterocycles. The molecule has 0 spiro atoms. The summed E-state index contributed by atoms with van der Waals surface area (Å²) in [6.45, 7) is 0. The zero-order valence-electron chi connectivity index (χ0n) is 12.7. The number of allylic oxidation sites excluding steroid dienone is 6. The van der Waals surface area contributed by atoms with Crippen molar-refractivity contribution >= 4 is 37.9 Å². The average Bonchev–Trinajstić information content (AvgIpc) is 2.57. The summed E-state index contributed by atoms with van der Waals surface area (Å²) >= 11 is 12.0. The van der Waals surface area contributed by atoms with Crippen LogP contribution in [0.3, 0.4) is 0 Å². The molecule has 3 atom stereocenters. The van der Waals surface area contributed by atoms with Crippen LogP contribution in [0, 0.1) is 0 Å². The predicted octanol–water partition coefficient (Wildman–Crippen LogP) is 3.05. The van der Waals surface area contributed by atoms with E-state index in [0.29, 0.717) is 0 Å². The summed E-state index contributed by atoms with van der Waals surface area (Å²) in [6.07, 6.45) is 20.7. The van der Waals surface area contributed by atoms with E-state index in [-0.39, 0.29) is 16.1 Å². The minimum Gasteiger partial charge on any atom is -0.288 e. The van der Waals surface area contributed by atoms with Crippen molar-refractivity contribution in [2.24, 2.45) is 0 Å². The van der Waals surface area contributed by atoms with Crippen molar-refractivity contribution < 1.29 is 15.6 Å². The Balaban J connectivity index is 0.000000180. The third-order valence-electron chi connectivity index (χ3n) is 2.71. The van der Waals surface area contributed by atoms with Crippen LogP contribution in [-0.4, -0.2) is 46.9 Å². The van der Waals surface area contributed by atoms with E-state index < -0.39 is 0 Å². The van der Waals surface area contributed by atoms with Crippen molar-refractivity contribution in [2.75, 3.05) is 0 Å². The van der Waals surface area contributed by atoms with Crippen LogP contribution < -0.4 is 0 Å². The van der Waals surface area contributed by atoms with Crippen LogP contribution in [0.2, 0.25) is 0 Å². The lowest BCUT2D eigenvalue weighted by molar-refractivity contribution is -0.0404. The van der Waals surface area contributed by atoms with Crippen molar-refractivity contribution in [1.82, 2.24) is 15.2 Å². The summed E-state index contributed by atoms with van der Waals surface area (Å²) in [5.74, 6) is 0. The lowest BCUT2D eigenvalue weighted by Crippen LogP contribution is -2.21. The fraction of sp³-hybridized carbons (Fsp3) is 0.200. The molecule has 0 radical (unpaired) electrons. The van der Waals surface area contributed by atoms with E-state index in [1.807, 2.05) is 18.2 Å². The Labute approximate surface area is 158 Å². The molecule has 0 fully saturated rings. The van der Waals surface area contributed by atoms with Crippen LogP contribution >= 0.6 is 37.9 Å². The zero-order chi connectivity index (χ0) is 17.9. The summed E-state index contributed by atoms with van der Waals surface area (Å²) < 4.78 is 0. The number of thiol groups is 3. The highest BCUT2D eigenvalue weighted by Crippen LogP contribution is 2.08. The largest absolute Gasteiger partial charge is 0.288 e. The lowest BCUT2D eigenvalue weighted by atomic mass is 10.4. The summed E-state index contributed by atoms with van der Waals surface area (Å²) in [7, 11) is 0. The molecule has 0 aromatic carbocycles. The molecule has 0 bridgehead atoms. The highest BCUT2D eigenvalue weighted by Gasteiger charge is 2.05. The Morgan fingerprint density at radius 3 is 0.875 bits per heavy atom. The van der Waals surface area contributed by atoms with Crippen molar-refractivity contribution in [3.8, 4) is 0 Å². The van der Waals surface area contributed by atoms with Gasteiger partial charge in [0.15, 0.2) is 0 Å². The van der Waals surface area contributed by atoms with Gasteiger partial charge in [0.2, 0.25) is 0 Å². The molecule has 0 saturated heterocycles. The number of hydrogen-bond donors (Lipinski definition) is 6. The molecule has 3 N–H and O–H groups in total. The maximum absolute atomic E-state index is 8.80. The Bertz CT molecular complexity index is 425. The fourth-order valence-corrected chi connectivity index (χ4v) is 1.96. The minimum absolute atomic E-state index is 0.181. The highest BCUT2D eigenvalue weighted by molar-refractivity contribution is 7.81. The Hall–Kier alpha value is -1.23. The van der Waals surface area contributed by atoms with E-state index in [1.54, 1.807) is 55.1 Å². The molecule has 0 saturated carbocycles. The summed E-state index contributed by atoms with van der Waals surface area (Å²) in [6, 6.07) is 0. The van der Waals surface area contributed by atoms with Crippen molar-refractivity contribution in [3.05, 3.63) is 73.3 Å². The Morgan fingerprint density at radius 2 is 0.750 bits per heavy atom. The van der Waals surface area contributed by atoms with Crippen molar-refractivity contribution in [2.45, 2.75) is 16.1 Å². The van der Waals surface area contributed by atoms with Gasteiger partial charge in [-0.15, -0.1) is 37.9 Å². The maximum atomic E-state index is 8.80. The SMILES string of the molecule is ON1C=CC=CC1S.ON1C=CC=CC1S.ON1C=CC=CC1S. The van der Waals surface area contributed by atoms with Gasteiger partial charge < -0.3 is 0 Å². The summed E-state index contributed by atoms with van der Waals surface area (Å²) in [5, 5.41) is 28.9. The molecule has 0 amide bonds. The second kappa shape index (κ2) is 11.3. The molecule has 3 unspecified atom stereocenters. The smallest absolute Gasteiger partial charge is 0.116 e. The fourth-order valence-electron chi connectivity index (χ4n) is 1.43.